The molecule has 2 aromatic carbocycles. The zero-order valence-electron chi connectivity index (χ0n) is 10.7. The molecule has 1 heterocycles. The van der Waals surface area contributed by atoms with Gasteiger partial charge in [-0.1, -0.05) is 34.1 Å². The lowest BCUT2D eigenvalue weighted by molar-refractivity contribution is 0.463. The second-order valence-electron chi connectivity index (χ2n) is 4.46. The topological polar surface area (TPSA) is 48.1 Å². The quantitative estimate of drug-likeness (QED) is 0.781. The van der Waals surface area contributed by atoms with Gasteiger partial charge in [0.15, 0.2) is 0 Å². The van der Waals surface area contributed by atoms with Crippen LogP contribution in [0.25, 0.3) is 10.8 Å². The van der Waals surface area contributed by atoms with Gasteiger partial charge in [-0.3, -0.25) is 0 Å². The molecule has 3 nitrogen and oxygen atoms in total. The van der Waals surface area contributed by atoms with Crippen molar-refractivity contribution in [3.8, 4) is 11.6 Å². The van der Waals surface area contributed by atoms with Crippen molar-refractivity contribution in [2.45, 2.75) is 6.54 Å². The number of nitrogens with zero attached hydrogens (tertiary/aromatic N) is 1. The van der Waals surface area contributed by atoms with Crippen LogP contribution in [0.5, 0.6) is 11.6 Å². The first-order chi connectivity index (χ1) is 9.74. The van der Waals surface area contributed by atoms with Crippen LogP contribution in [0.4, 0.5) is 0 Å². The number of fused-ring (bicyclic) bond motifs is 1. The molecule has 100 valence electrons. The SMILES string of the molecule is NCc1ccc(Oc2ccc3cc(Br)ccc3c2)nc1. The van der Waals surface area contributed by atoms with E-state index in [1.165, 1.54) is 0 Å². The molecule has 0 bridgehead atoms. The highest BCUT2D eigenvalue weighted by atomic mass is 79.9. The monoisotopic (exact) mass is 328 g/mol. The number of hydrogen-bond acceptors (Lipinski definition) is 3. The molecule has 3 rings (SSSR count). The van der Waals surface area contributed by atoms with Gasteiger partial charge in [-0.15, -0.1) is 0 Å². The lowest BCUT2D eigenvalue weighted by atomic mass is 10.1. The molecule has 0 aliphatic carbocycles. The minimum atomic E-state index is 0.484. The van der Waals surface area contributed by atoms with Crippen LogP contribution in [-0.2, 0) is 6.54 Å². The van der Waals surface area contributed by atoms with E-state index < -0.39 is 0 Å². The third-order valence-corrected chi connectivity index (χ3v) is 3.52. The molecule has 0 aliphatic heterocycles. The Morgan fingerprint density at radius 3 is 2.55 bits per heavy atom. The van der Waals surface area contributed by atoms with Gasteiger partial charge in [-0.05, 0) is 40.6 Å². The number of benzene rings is 2. The summed E-state index contributed by atoms with van der Waals surface area (Å²) < 4.78 is 6.82. The molecule has 0 radical (unpaired) electrons. The number of nitrogens with two attached hydrogens (primary N) is 1. The van der Waals surface area contributed by atoms with Crippen molar-refractivity contribution in [2.75, 3.05) is 0 Å². The fourth-order valence-corrected chi connectivity index (χ4v) is 2.35. The Labute approximate surface area is 125 Å². The van der Waals surface area contributed by atoms with Crippen LogP contribution in [0, 0.1) is 0 Å². The van der Waals surface area contributed by atoms with Gasteiger partial charge in [0.2, 0.25) is 5.88 Å². The molecule has 3 aromatic rings. The fourth-order valence-electron chi connectivity index (χ4n) is 1.97. The normalized spacial score (nSPS) is 10.7. The Balaban J connectivity index is 1.88. The Bertz CT molecular complexity index is 741. The number of pyridine rings is 1. The molecule has 0 aliphatic rings. The molecule has 0 atom stereocenters. The van der Waals surface area contributed by atoms with Gasteiger partial charge in [0, 0.05) is 23.3 Å². The predicted octanol–water partition coefficient (Wildman–Crippen LogP) is 4.25. The van der Waals surface area contributed by atoms with Crippen LogP contribution >= 0.6 is 15.9 Å². The average molecular weight is 329 g/mol. The van der Waals surface area contributed by atoms with Crippen LogP contribution in [-0.4, -0.2) is 4.98 Å². The van der Waals surface area contributed by atoms with E-state index in [-0.39, 0.29) is 0 Å². The van der Waals surface area contributed by atoms with E-state index in [9.17, 15) is 0 Å². The van der Waals surface area contributed by atoms with Gasteiger partial charge in [-0.25, -0.2) is 4.98 Å². The molecule has 0 amide bonds. The molecule has 4 heteroatoms. The van der Waals surface area contributed by atoms with Crippen LogP contribution < -0.4 is 10.5 Å². The second kappa shape index (κ2) is 5.61. The number of ether oxygens (including phenoxy) is 1. The summed E-state index contributed by atoms with van der Waals surface area (Å²) in [7, 11) is 0. The van der Waals surface area contributed by atoms with E-state index in [4.69, 9.17) is 10.5 Å². The van der Waals surface area contributed by atoms with Crippen LogP contribution in [0.1, 0.15) is 5.56 Å². The van der Waals surface area contributed by atoms with Crippen molar-refractivity contribution in [1.82, 2.24) is 4.98 Å². The minimum Gasteiger partial charge on any atom is -0.439 e. The molecule has 0 spiro atoms. The van der Waals surface area contributed by atoms with Gasteiger partial charge in [0.05, 0.1) is 0 Å². The summed E-state index contributed by atoms with van der Waals surface area (Å²) in [4.78, 5) is 4.23. The molecule has 1 aromatic heterocycles. The Hall–Kier alpha value is -1.91. The molecule has 20 heavy (non-hydrogen) atoms. The summed E-state index contributed by atoms with van der Waals surface area (Å²) >= 11 is 3.47. The van der Waals surface area contributed by atoms with Crippen molar-refractivity contribution in [3.05, 3.63) is 64.8 Å². The maximum Gasteiger partial charge on any atom is 0.219 e. The van der Waals surface area contributed by atoms with Gasteiger partial charge >= 0.3 is 0 Å². The third-order valence-electron chi connectivity index (χ3n) is 3.03. The first kappa shape index (κ1) is 13.1. The molecule has 2 N–H and O–H groups in total. The molecular formula is C16H13BrN2O. The highest BCUT2D eigenvalue weighted by molar-refractivity contribution is 9.10. The van der Waals surface area contributed by atoms with Gasteiger partial charge in [0.1, 0.15) is 5.75 Å². The Morgan fingerprint density at radius 1 is 1.00 bits per heavy atom. The standard InChI is InChI=1S/C16H13BrN2O/c17-14-4-2-13-8-15(5-3-12(13)7-14)20-16-6-1-11(9-18)10-19-16/h1-8,10H,9,18H2. The smallest absolute Gasteiger partial charge is 0.219 e. The maximum absolute atomic E-state index is 5.75. The molecule has 0 saturated carbocycles. The average Bonchev–Trinajstić information content (AvgIpc) is 2.48. The minimum absolute atomic E-state index is 0.484. The van der Waals surface area contributed by atoms with Crippen LogP contribution in [0.2, 0.25) is 0 Å². The molecule has 0 saturated heterocycles. The van der Waals surface area contributed by atoms with Crippen molar-refractivity contribution in [2.24, 2.45) is 5.73 Å². The summed E-state index contributed by atoms with van der Waals surface area (Å²) in [6.45, 7) is 0.484. The number of hydrogen-bond donors (Lipinski definition) is 1. The molecule has 0 fully saturated rings. The first-order valence-electron chi connectivity index (χ1n) is 6.27. The number of rotatable bonds is 3. The van der Waals surface area contributed by atoms with Gasteiger partial charge in [-0.2, -0.15) is 0 Å². The highest BCUT2D eigenvalue weighted by Gasteiger charge is 2.01. The predicted molar refractivity (Wildman–Crippen MR) is 83.9 cm³/mol. The summed E-state index contributed by atoms with van der Waals surface area (Å²) in [6, 6.07) is 15.9. The lowest BCUT2D eigenvalue weighted by Gasteiger charge is -2.07. The van der Waals surface area contributed by atoms with E-state index in [1.807, 2.05) is 36.4 Å². The van der Waals surface area contributed by atoms with Crippen molar-refractivity contribution >= 4 is 26.7 Å². The fraction of sp³-hybridized carbons (Fsp3) is 0.0625. The molecular weight excluding hydrogens is 316 g/mol. The van der Waals surface area contributed by atoms with Crippen LogP contribution in [0.3, 0.4) is 0 Å². The summed E-state index contributed by atoms with van der Waals surface area (Å²) in [6.07, 6.45) is 1.73. The summed E-state index contributed by atoms with van der Waals surface area (Å²) in [5, 5.41) is 2.29. The van der Waals surface area contributed by atoms with E-state index in [2.05, 4.69) is 33.0 Å². The van der Waals surface area contributed by atoms with E-state index in [0.29, 0.717) is 12.4 Å². The third kappa shape index (κ3) is 2.81. The lowest BCUT2D eigenvalue weighted by Crippen LogP contribution is -1.97. The van der Waals surface area contributed by atoms with Crippen LogP contribution in [0.15, 0.2) is 59.2 Å². The van der Waals surface area contributed by atoms with Crippen molar-refractivity contribution < 1.29 is 4.74 Å². The second-order valence-corrected chi connectivity index (χ2v) is 5.38. The van der Waals surface area contributed by atoms with E-state index >= 15 is 0 Å². The van der Waals surface area contributed by atoms with Crippen molar-refractivity contribution in [3.63, 3.8) is 0 Å². The summed E-state index contributed by atoms with van der Waals surface area (Å²) in [5.74, 6) is 1.34. The summed E-state index contributed by atoms with van der Waals surface area (Å²) in [5.41, 5.74) is 6.53. The van der Waals surface area contributed by atoms with E-state index in [0.717, 1.165) is 26.6 Å². The largest absolute Gasteiger partial charge is 0.439 e. The highest BCUT2D eigenvalue weighted by Crippen LogP contribution is 2.26. The first-order valence-corrected chi connectivity index (χ1v) is 7.06. The zero-order chi connectivity index (χ0) is 13.9. The van der Waals surface area contributed by atoms with Gasteiger partial charge < -0.3 is 10.5 Å². The van der Waals surface area contributed by atoms with Crippen molar-refractivity contribution in [1.29, 1.82) is 0 Å². The maximum atomic E-state index is 5.75. The number of halogens is 1. The van der Waals surface area contributed by atoms with Gasteiger partial charge in [0.25, 0.3) is 0 Å². The number of aromatic nitrogens is 1. The zero-order valence-corrected chi connectivity index (χ0v) is 12.3. The Kier molecular flexibility index (Phi) is 3.67. The Morgan fingerprint density at radius 2 is 1.80 bits per heavy atom. The van der Waals surface area contributed by atoms with E-state index in [1.54, 1.807) is 6.20 Å². The molecule has 0 unspecified atom stereocenters.